The molecular weight excluding hydrogens is 290 g/mol. The quantitative estimate of drug-likeness (QED) is 0.781. The van der Waals surface area contributed by atoms with Crippen LogP contribution in [0, 0.1) is 0 Å². The van der Waals surface area contributed by atoms with Crippen molar-refractivity contribution in [3.05, 3.63) is 41.8 Å². The number of benzene rings is 1. The van der Waals surface area contributed by atoms with Gasteiger partial charge in [0.15, 0.2) is 6.61 Å². The van der Waals surface area contributed by atoms with Crippen molar-refractivity contribution in [2.75, 3.05) is 6.61 Å². The maximum atomic E-state index is 10.6. The lowest BCUT2D eigenvalue weighted by Crippen LogP contribution is -2.19. The number of carbonyl (C=O) groups excluding carboxylic acids is 1. The van der Waals surface area contributed by atoms with Crippen molar-refractivity contribution in [2.45, 2.75) is 0 Å². The molecule has 0 aliphatic carbocycles. The van der Waals surface area contributed by atoms with E-state index in [1.807, 2.05) is 17.5 Å². The van der Waals surface area contributed by atoms with Crippen molar-refractivity contribution in [3.8, 4) is 27.9 Å². The van der Waals surface area contributed by atoms with Crippen molar-refractivity contribution in [1.29, 1.82) is 0 Å². The summed E-state index contributed by atoms with van der Waals surface area (Å²) < 4.78 is 10.4. The molecule has 1 aromatic carbocycles. The van der Waals surface area contributed by atoms with Crippen molar-refractivity contribution in [2.24, 2.45) is 5.73 Å². The number of thiophene rings is 1. The second-order valence-corrected chi connectivity index (χ2v) is 5.13. The van der Waals surface area contributed by atoms with Gasteiger partial charge in [-0.1, -0.05) is 11.2 Å². The summed E-state index contributed by atoms with van der Waals surface area (Å²) in [7, 11) is 0. The first-order valence-corrected chi connectivity index (χ1v) is 6.99. The second kappa shape index (κ2) is 5.76. The molecule has 3 aromatic rings. The zero-order valence-electron chi connectivity index (χ0n) is 10.9. The lowest BCUT2D eigenvalue weighted by atomic mass is 10.2. The van der Waals surface area contributed by atoms with Crippen molar-refractivity contribution in [1.82, 2.24) is 10.1 Å². The zero-order chi connectivity index (χ0) is 14.7. The standard InChI is InChI=1S/C14H11N3O3S/c15-12(18)8-19-10-5-3-9(4-6-10)13-16-14(20-17-13)11-2-1-7-21-11/h1-7H,8H2,(H2,15,18). The van der Waals surface area contributed by atoms with Crippen LogP contribution in [0.1, 0.15) is 0 Å². The van der Waals surface area contributed by atoms with E-state index in [1.54, 1.807) is 24.3 Å². The molecule has 6 nitrogen and oxygen atoms in total. The highest BCUT2D eigenvalue weighted by atomic mass is 32.1. The molecule has 0 bridgehead atoms. The van der Waals surface area contributed by atoms with Crippen LogP contribution in [0.4, 0.5) is 0 Å². The van der Waals surface area contributed by atoms with Crippen LogP contribution in [-0.4, -0.2) is 22.7 Å². The topological polar surface area (TPSA) is 91.2 Å². The first-order chi connectivity index (χ1) is 10.2. The van der Waals surface area contributed by atoms with Crippen LogP contribution in [-0.2, 0) is 4.79 Å². The average Bonchev–Trinajstić information content (AvgIpc) is 3.16. The Morgan fingerprint density at radius 3 is 2.76 bits per heavy atom. The molecule has 21 heavy (non-hydrogen) atoms. The van der Waals surface area contributed by atoms with E-state index < -0.39 is 5.91 Å². The van der Waals surface area contributed by atoms with Crippen molar-refractivity contribution in [3.63, 3.8) is 0 Å². The van der Waals surface area contributed by atoms with Crippen LogP contribution in [0.15, 0.2) is 46.3 Å². The van der Waals surface area contributed by atoms with E-state index in [9.17, 15) is 4.79 Å². The number of hydrogen-bond donors (Lipinski definition) is 1. The van der Waals surface area contributed by atoms with Gasteiger partial charge in [0.05, 0.1) is 4.88 Å². The molecule has 3 rings (SSSR count). The molecular formula is C14H11N3O3S. The maximum Gasteiger partial charge on any atom is 0.268 e. The molecule has 2 N–H and O–H groups in total. The molecule has 0 spiro atoms. The van der Waals surface area contributed by atoms with Crippen molar-refractivity contribution < 1.29 is 14.1 Å². The summed E-state index contributed by atoms with van der Waals surface area (Å²) in [6, 6.07) is 10.9. The number of amides is 1. The number of primary amides is 1. The molecule has 1 amide bonds. The number of aromatic nitrogens is 2. The van der Waals surface area contributed by atoms with Gasteiger partial charge in [0, 0.05) is 5.56 Å². The van der Waals surface area contributed by atoms with Gasteiger partial charge in [0.25, 0.3) is 11.8 Å². The highest BCUT2D eigenvalue weighted by Crippen LogP contribution is 2.26. The predicted octanol–water partition coefficient (Wildman–Crippen LogP) is 2.33. The molecule has 0 unspecified atom stereocenters. The third-order valence-corrected chi connectivity index (χ3v) is 3.51. The summed E-state index contributed by atoms with van der Waals surface area (Å²) in [5.74, 6) is 1.03. The van der Waals surface area contributed by atoms with Crippen LogP contribution in [0.5, 0.6) is 5.75 Å². The Bertz CT molecular complexity index is 735. The predicted molar refractivity (Wildman–Crippen MR) is 77.7 cm³/mol. The third-order valence-electron chi connectivity index (χ3n) is 2.65. The fourth-order valence-corrected chi connectivity index (χ4v) is 2.34. The largest absolute Gasteiger partial charge is 0.484 e. The summed E-state index contributed by atoms with van der Waals surface area (Å²) in [6.07, 6.45) is 0. The minimum absolute atomic E-state index is 0.149. The fourth-order valence-electron chi connectivity index (χ4n) is 1.70. The van der Waals surface area contributed by atoms with Gasteiger partial charge in [0.1, 0.15) is 5.75 Å². The molecule has 7 heteroatoms. The SMILES string of the molecule is NC(=O)COc1ccc(-c2noc(-c3cccs3)n2)cc1. The average molecular weight is 301 g/mol. The van der Waals surface area contributed by atoms with Crippen LogP contribution in [0.2, 0.25) is 0 Å². The Morgan fingerprint density at radius 2 is 2.10 bits per heavy atom. The smallest absolute Gasteiger partial charge is 0.268 e. The van der Waals surface area contributed by atoms with Gasteiger partial charge in [-0.25, -0.2) is 0 Å². The Morgan fingerprint density at radius 1 is 1.29 bits per heavy atom. The normalized spacial score (nSPS) is 10.5. The van der Waals surface area contributed by atoms with Gasteiger partial charge in [-0.15, -0.1) is 11.3 Å². The molecule has 0 atom stereocenters. The summed E-state index contributed by atoms with van der Waals surface area (Å²) in [5, 5.41) is 5.90. The number of nitrogens with zero attached hydrogens (tertiary/aromatic N) is 2. The van der Waals surface area contributed by atoms with E-state index in [-0.39, 0.29) is 6.61 Å². The van der Waals surface area contributed by atoms with Gasteiger partial charge in [-0.05, 0) is 35.7 Å². The first-order valence-electron chi connectivity index (χ1n) is 6.11. The molecule has 2 heterocycles. The number of rotatable bonds is 5. The monoisotopic (exact) mass is 301 g/mol. The van der Waals surface area contributed by atoms with E-state index in [2.05, 4.69) is 10.1 Å². The van der Waals surface area contributed by atoms with Gasteiger partial charge in [-0.2, -0.15) is 4.98 Å². The van der Waals surface area contributed by atoms with E-state index in [1.165, 1.54) is 11.3 Å². The van der Waals surface area contributed by atoms with Gasteiger partial charge < -0.3 is 15.0 Å². The van der Waals surface area contributed by atoms with Crippen molar-refractivity contribution >= 4 is 17.2 Å². The zero-order valence-corrected chi connectivity index (χ0v) is 11.7. The molecule has 2 aromatic heterocycles. The second-order valence-electron chi connectivity index (χ2n) is 4.18. The molecule has 0 fully saturated rings. The molecule has 0 radical (unpaired) electrons. The lowest BCUT2D eigenvalue weighted by Gasteiger charge is -2.03. The van der Waals surface area contributed by atoms with Gasteiger partial charge >= 0.3 is 0 Å². The Labute approximate surface area is 124 Å². The van der Waals surface area contributed by atoms with Gasteiger partial charge in [0.2, 0.25) is 5.82 Å². The van der Waals surface area contributed by atoms with E-state index in [4.69, 9.17) is 15.0 Å². The first kappa shape index (κ1) is 13.3. The van der Waals surface area contributed by atoms with E-state index >= 15 is 0 Å². The molecule has 0 saturated heterocycles. The minimum Gasteiger partial charge on any atom is -0.484 e. The minimum atomic E-state index is -0.516. The van der Waals surface area contributed by atoms with Gasteiger partial charge in [-0.3, -0.25) is 4.79 Å². The fraction of sp³-hybridized carbons (Fsp3) is 0.0714. The highest BCUT2D eigenvalue weighted by Gasteiger charge is 2.11. The number of nitrogens with two attached hydrogens (primary N) is 1. The Balaban J connectivity index is 1.76. The van der Waals surface area contributed by atoms with Crippen LogP contribution in [0.25, 0.3) is 22.2 Å². The maximum absolute atomic E-state index is 10.6. The highest BCUT2D eigenvalue weighted by molar-refractivity contribution is 7.13. The molecule has 0 aliphatic heterocycles. The molecule has 0 saturated carbocycles. The van der Waals surface area contributed by atoms with Crippen LogP contribution < -0.4 is 10.5 Å². The Hall–Kier alpha value is -2.67. The van der Waals surface area contributed by atoms with Crippen LogP contribution in [0.3, 0.4) is 0 Å². The van der Waals surface area contributed by atoms with E-state index in [0.29, 0.717) is 17.5 Å². The Kier molecular flexibility index (Phi) is 3.65. The number of hydrogen-bond acceptors (Lipinski definition) is 6. The summed E-state index contributed by atoms with van der Waals surface area (Å²) in [6.45, 7) is -0.149. The summed E-state index contributed by atoms with van der Waals surface area (Å²) in [4.78, 5) is 15.9. The van der Waals surface area contributed by atoms with E-state index in [0.717, 1.165) is 10.4 Å². The summed E-state index contributed by atoms with van der Waals surface area (Å²) >= 11 is 1.54. The third kappa shape index (κ3) is 3.09. The number of carbonyl (C=O) groups is 1. The molecule has 0 aliphatic rings. The van der Waals surface area contributed by atoms with Crippen LogP contribution >= 0.6 is 11.3 Å². The summed E-state index contributed by atoms with van der Waals surface area (Å²) in [5.41, 5.74) is 5.81. The molecule has 106 valence electrons. The lowest BCUT2D eigenvalue weighted by molar-refractivity contribution is -0.119. The number of ether oxygens (including phenoxy) is 1.